The molecular formula is C17H24N4O2. The van der Waals surface area contributed by atoms with Crippen LogP contribution in [0, 0.1) is 5.92 Å². The SMILES string of the molecule is C=CC[C@H]1C[C@@H](n2ccc3c(N)ncnc32)[C@H](OC(C)(C)O)C1. The van der Waals surface area contributed by atoms with E-state index in [1.54, 1.807) is 13.8 Å². The van der Waals surface area contributed by atoms with Crippen LogP contribution >= 0.6 is 0 Å². The van der Waals surface area contributed by atoms with Crippen LogP contribution in [0.25, 0.3) is 11.0 Å². The summed E-state index contributed by atoms with van der Waals surface area (Å²) in [5.74, 6) is -0.195. The fourth-order valence-corrected chi connectivity index (χ4v) is 3.55. The molecule has 0 aromatic carbocycles. The Morgan fingerprint density at radius 1 is 1.48 bits per heavy atom. The summed E-state index contributed by atoms with van der Waals surface area (Å²) in [6.45, 7) is 7.17. The van der Waals surface area contributed by atoms with Crippen LogP contribution in [0.2, 0.25) is 0 Å². The number of ether oxygens (including phenoxy) is 1. The molecule has 2 aromatic heterocycles. The molecule has 0 saturated heterocycles. The normalized spacial score (nSPS) is 25.1. The molecule has 3 rings (SSSR count). The predicted octanol–water partition coefficient (Wildman–Crippen LogP) is 2.65. The first-order valence-corrected chi connectivity index (χ1v) is 7.97. The second-order valence-corrected chi connectivity index (χ2v) is 6.75. The predicted molar refractivity (Wildman–Crippen MR) is 89.7 cm³/mol. The Morgan fingerprint density at radius 2 is 2.26 bits per heavy atom. The number of allylic oxidation sites excluding steroid dienone is 1. The second kappa shape index (κ2) is 5.94. The number of fused-ring (bicyclic) bond motifs is 1. The lowest BCUT2D eigenvalue weighted by Crippen LogP contribution is -2.33. The highest BCUT2D eigenvalue weighted by molar-refractivity contribution is 5.86. The van der Waals surface area contributed by atoms with Crippen molar-refractivity contribution in [3.8, 4) is 0 Å². The lowest BCUT2D eigenvalue weighted by Gasteiger charge is -2.28. The van der Waals surface area contributed by atoms with E-state index in [2.05, 4.69) is 21.1 Å². The highest BCUT2D eigenvalue weighted by atomic mass is 16.6. The molecule has 1 aliphatic rings. The van der Waals surface area contributed by atoms with Crippen LogP contribution in [-0.2, 0) is 4.74 Å². The second-order valence-electron chi connectivity index (χ2n) is 6.75. The van der Waals surface area contributed by atoms with E-state index in [-0.39, 0.29) is 12.1 Å². The smallest absolute Gasteiger partial charge is 0.160 e. The van der Waals surface area contributed by atoms with E-state index in [4.69, 9.17) is 10.5 Å². The van der Waals surface area contributed by atoms with E-state index in [9.17, 15) is 5.11 Å². The number of anilines is 1. The fourth-order valence-electron chi connectivity index (χ4n) is 3.55. The lowest BCUT2D eigenvalue weighted by molar-refractivity contribution is -0.210. The maximum Gasteiger partial charge on any atom is 0.160 e. The number of hydrogen-bond donors (Lipinski definition) is 2. The lowest BCUT2D eigenvalue weighted by atomic mass is 10.0. The van der Waals surface area contributed by atoms with E-state index >= 15 is 0 Å². The summed E-state index contributed by atoms with van der Waals surface area (Å²) >= 11 is 0. The van der Waals surface area contributed by atoms with Gasteiger partial charge in [0.2, 0.25) is 0 Å². The number of nitrogens with two attached hydrogens (primary N) is 1. The average molecular weight is 316 g/mol. The maximum atomic E-state index is 10.1. The summed E-state index contributed by atoms with van der Waals surface area (Å²) in [5, 5.41) is 10.9. The van der Waals surface area contributed by atoms with Gasteiger partial charge < -0.3 is 20.1 Å². The van der Waals surface area contributed by atoms with Gasteiger partial charge in [0.1, 0.15) is 17.8 Å². The van der Waals surface area contributed by atoms with Crippen LogP contribution < -0.4 is 5.73 Å². The largest absolute Gasteiger partial charge is 0.383 e. The zero-order chi connectivity index (χ0) is 16.6. The first-order valence-electron chi connectivity index (χ1n) is 7.97. The molecule has 0 amide bonds. The third-order valence-electron chi connectivity index (χ3n) is 4.41. The molecule has 6 nitrogen and oxygen atoms in total. The van der Waals surface area contributed by atoms with E-state index in [1.807, 2.05) is 18.3 Å². The Morgan fingerprint density at radius 3 is 2.96 bits per heavy atom. The third-order valence-corrected chi connectivity index (χ3v) is 4.41. The Hall–Kier alpha value is -1.92. The van der Waals surface area contributed by atoms with Gasteiger partial charge in [0.25, 0.3) is 0 Å². The molecule has 23 heavy (non-hydrogen) atoms. The fraction of sp³-hybridized carbons (Fsp3) is 0.529. The molecule has 0 radical (unpaired) electrons. The topological polar surface area (TPSA) is 86.2 Å². The molecule has 6 heteroatoms. The number of rotatable bonds is 5. The number of aromatic nitrogens is 3. The van der Waals surface area contributed by atoms with E-state index in [0.717, 1.165) is 30.3 Å². The number of nitrogen functional groups attached to an aromatic ring is 1. The zero-order valence-electron chi connectivity index (χ0n) is 13.6. The molecule has 124 valence electrons. The molecule has 1 saturated carbocycles. The highest BCUT2D eigenvalue weighted by Crippen LogP contribution is 2.41. The Kier molecular flexibility index (Phi) is 4.12. The Bertz CT molecular complexity index is 704. The van der Waals surface area contributed by atoms with Crippen molar-refractivity contribution in [3.63, 3.8) is 0 Å². The molecule has 3 N–H and O–H groups in total. The van der Waals surface area contributed by atoms with Gasteiger partial charge in [-0.15, -0.1) is 6.58 Å². The monoisotopic (exact) mass is 316 g/mol. The molecular weight excluding hydrogens is 292 g/mol. The molecule has 1 aliphatic carbocycles. The number of aliphatic hydroxyl groups is 1. The first-order chi connectivity index (χ1) is 10.9. The highest BCUT2D eigenvalue weighted by Gasteiger charge is 2.38. The van der Waals surface area contributed by atoms with Crippen molar-refractivity contribution in [3.05, 3.63) is 31.2 Å². The van der Waals surface area contributed by atoms with Crippen LogP contribution in [0.1, 0.15) is 39.2 Å². The van der Waals surface area contributed by atoms with Crippen molar-refractivity contribution in [1.82, 2.24) is 14.5 Å². The molecule has 1 fully saturated rings. The average Bonchev–Trinajstić information content (AvgIpc) is 3.02. The van der Waals surface area contributed by atoms with Gasteiger partial charge in [-0.25, -0.2) is 9.97 Å². The van der Waals surface area contributed by atoms with Gasteiger partial charge in [-0.3, -0.25) is 0 Å². The molecule has 0 unspecified atom stereocenters. The minimum Gasteiger partial charge on any atom is -0.383 e. The summed E-state index contributed by atoms with van der Waals surface area (Å²) < 4.78 is 8.02. The van der Waals surface area contributed by atoms with Crippen LogP contribution in [-0.4, -0.2) is 31.5 Å². The molecule has 2 heterocycles. The molecule has 0 aliphatic heterocycles. The summed E-state index contributed by atoms with van der Waals surface area (Å²) in [7, 11) is 0. The summed E-state index contributed by atoms with van der Waals surface area (Å²) in [5.41, 5.74) is 6.74. The summed E-state index contributed by atoms with van der Waals surface area (Å²) in [6.07, 6.45) is 8.13. The maximum absolute atomic E-state index is 10.1. The van der Waals surface area contributed by atoms with Crippen LogP contribution in [0.3, 0.4) is 0 Å². The van der Waals surface area contributed by atoms with Gasteiger partial charge in [0.05, 0.1) is 17.5 Å². The third kappa shape index (κ3) is 3.23. The van der Waals surface area contributed by atoms with Crippen LogP contribution in [0.5, 0.6) is 0 Å². The molecule has 0 spiro atoms. The standard InChI is InChI=1S/C17H24N4O2/c1-4-5-11-8-13(14(9-11)23-17(2,3)22)21-7-6-12-15(18)19-10-20-16(12)21/h4,6-7,10-11,13-14,22H,1,5,8-9H2,2-3H3,(H2,18,19,20)/t11-,13+,14+/m0/s1. The number of nitrogens with zero attached hydrogens (tertiary/aromatic N) is 3. The van der Waals surface area contributed by atoms with Crippen LogP contribution in [0.15, 0.2) is 31.2 Å². The van der Waals surface area contributed by atoms with E-state index in [1.165, 1.54) is 6.33 Å². The van der Waals surface area contributed by atoms with Crippen molar-refractivity contribution in [2.24, 2.45) is 5.92 Å². The minimum atomic E-state index is -1.16. The van der Waals surface area contributed by atoms with Crippen molar-refractivity contribution in [1.29, 1.82) is 0 Å². The summed E-state index contributed by atoms with van der Waals surface area (Å²) in [6, 6.07) is 2.05. The van der Waals surface area contributed by atoms with Crippen molar-refractivity contribution >= 4 is 16.9 Å². The number of hydrogen-bond acceptors (Lipinski definition) is 5. The van der Waals surface area contributed by atoms with Gasteiger partial charge in [0, 0.05) is 6.20 Å². The van der Waals surface area contributed by atoms with Gasteiger partial charge in [-0.05, 0) is 45.1 Å². The van der Waals surface area contributed by atoms with E-state index < -0.39 is 5.79 Å². The van der Waals surface area contributed by atoms with Gasteiger partial charge in [-0.1, -0.05) is 6.08 Å². The molecule has 2 aromatic rings. The van der Waals surface area contributed by atoms with E-state index in [0.29, 0.717) is 11.7 Å². The Balaban J connectivity index is 1.96. The van der Waals surface area contributed by atoms with Gasteiger partial charge in [-0.2, -0.15) is 0 Å². The quantitative estimate of drug-likeness (QED) is 0.654. The van der Waals surface area contributed by atoms with Crippen molar-refractivity contribution in [2.45, 2.75) is 51.0 Å². The van der Waals surface area contributed by atoms with Crippen molar-refractivity contribution < 1.29 is 9.84 Å². The van der Waals surface area contributed by atoms with Gasteiger partial charge >= 0.3 is 0 Å². The molecule has 3 atom stereocenters. The van der Waals surface area contributed by atoms with Gasteiger partial charge in [0.15, 0.2) is 5.79 Å². The zero-order valence-corrected chi connectivity index (χ0v) is 13.6. The Labute approximate surface area is 136 Å². The minimum absolute atomic E-state index is 0.0771. The van der Waals surface area contributed by atoms with Crippen molar-refractivity contribution in [2.75, 3.05) is 5.73 Å². The first kappa shape index (κ1) is 16.0. The van der Waals surface area contributed by atoms with Crippen LogP contribution in [0.4, 0.5) is 5.82 Å². The summed E-state index contributed by atoms with van der Waals surface area (Å²) in [4.78, 5) is 8.42. The molecule has 0 bridgehead atoms.